The van der Waals surface area contributed by atoms with Gasteiger partial charge in [0.1, 0.15) is 5.75 Å². The Hall–Kier alpha value is -2.20. The summed E-state index contributed by atoms with van der Waals surface area (Å²) in [5.41, 5.74) is 4.16. The van der Waals surface area contributed by atoms with Gasteiger partial charge in [0.2, 0.25) is 0 Å². The van der Waals surface area contributed by atoms with Gasteiger partial charge in [0.25, 0.3) is 0 Å². The van der Waals surface area contributed by atoms with Crippen molar-refractivity contribution in [2.75, 3.05) is 6.61 Å². The fraction of sp³-hybridized carbons (Fsp3) is 0.381. The summed E-state index contributed by atoms with van der Waals surface area (Å²) in [6.07, 6.45) is 0.769. The second-order valence-corrected chi connectivity index (χ2v) is 7.86. The van der Waals surface area contributed by atoms with Crippen molar-refractivity contribution >= 4 is 17.7 Å². The Balaban J connectivity index is 1.91. The van der Waals surface area contributed by atoms with Crippen LogP contribution in [0.25, 0.3) is 11.1 Å². The topological polar surface area (TPSA) is 58.6 Å². The number of rotatable bonds is 5. The minimum Gasteiger partial charge on any atom is -0.492 e. The van der Waals surface area contributed by atoms with E-state index in [1.165, 1.54) is 5.56 Å². The molecule has 0 radical (unpaired) electrons. The van der Waals surface area contributed by atoms with Crippen molar-refractivity contribution < 1.29 is 14.6 Å². The number of benzene rings is 2. The zero-order chi connectivity index (χ0) is 18.9. The maximum absolute atomic E-state index is 11.1. The van der Waals surface area contributed by atoms with Gasteiger partial charge in [-0.15, -0.1) is 0 Å². The molecule has 0 bridgehead atoms. The number of ether oxygens (including phenoxy) is 1. The molecule has 0 fully saturated rings. The monoisotopic (exact) mass is 373 g/mol. The van der Waals surface area contributed by atoms with Crippen LogP contribution in [0.3, 0.4) is 0 Å². The van der Waals surface area contributed by atoms with E-state index in [2.05, 4.69) is 32.2 Å². The predicted molar refractivity (Wildman–Crippen MR) is 104 cm³/mol. The predicted octanol–water partition coefficient (Wildman–Crippen LogP) is 5.69. The highest BCUT2D eigenvalue weighted by Crippen LogP contribution is 2.46. The highest BCUT2D eigenvalue weighted by atomic mass is 35.5. The third-order valence-corrected chi connectivity index (χ3v) is 5.17. The van der Waals surface area contributed by atoms with Crippen molar-refractivity contribution in [2.45, 2.75) is 39.7 Å². The smallest absolute Gasteiger partial charge is 0.405 e. The van der Waals surface area contributed by atoms with Crippen LogP contribution in [0.1, 0.15) is 44.4 Å². The number of hydrogen-bond acceptors (Lipinski definition) is 2. The van der Waals surface area contributed by atoms with E-state index >= 15 is 0 Å². The van der Waals surface area contributed by atoms with Gasteiger partial charge in [-0.05, 0) is 52.6 Å². The van der Waals surface area contributed by atoms with Gasteiger partial charge in [-0.25, -0.2) is 4.79 Å². The third-order valence-electron chi connectivity index (χ3n) is 4.88. The quantitative estimate of drug-likeness (QED) is 0.708. The van der Waals surface area contributed by atoms with Crippen LogP contribution >= 0.6 is 11.6 Å². The van der Waals surface area contributed by atoms with Crippen LogP contribution in [-0.2, 0) is 6.42 Å². The molecule has 0 heterocycles. The second-order valence-electron chi connectivity index (χ2n) is 7.46. The van der Waals surface area contributed by atoms with Gasteiger partial charge in [-0.1, -0.05) is 56.6 Å². The van der Waals surface area contributed by atoms with Crippen molar-refractivity contribution in [3.8, 4) is 16.9 Å². The first-order valence-electron chi connectivity index (χ1n) is 8.87. The van der Waals surface area contributed by atoms with E-state index in [4.69, 9.17) is 21.4 Å². The van der Waals surface area contributed by atoms with Crippen LogP contribution < -0.4 is 10.1 Å². The number of fused-ring (bicyclic) bond motifs is 1. The molecule has 1 aliphatic rings. The molecule has 26 heavy (non-hydrogen) atoms. The summed E-state index contributed by atoms with van der Waals surface area (Å²) in [5, 5.41) is 12.4. The minimum atomic E-state index is -0.991. The van der Waals surface area contributed by atoms with E-state index in [9.17, 15) is 4.79 Å². The second kappa shape index (κ2) is 7.20. The van der Waals surface area contributed by atoms with Crippen molar-refractivity contribution in [3.05, 3.63) is 52.5 Å². The number of nitrogens with one attached hydrogen (secondary N) is 1. The Morgan fingerprint density at radius 1 is 1.27 bits per heavy atom. The van der Waals surface area contributed by atoms with Crippen molar-refractivity contribution in [2.24, 2.45) is 5.41 Å². The zero-order valence-corrected chi connectivity index (χ0v) is 16.1. The lowest BCUT2D eigenvalue weighted by molar-refractivity contribution is 0.175. The molecular formula is C21H24ClNO3. The molecule has 4 nitrogen and oxygen atoms in total. The van der Waals surface area contributed by atoms with E-state index in [0.717, 1.165) is 29.5 Å². The van der Waals surface area contributed by atoms with Crippen LogP contribution in [0.5, 0.6) is 5.75 Å². The molecule has 2 aromatic rings. The molecule has 2 aromatic carbocycles. The summed E-state index contributed by atoms with van der Waals surface area (Å²) in [6, 6.07) is 11.8. The van der Waals surface area contributed by atoms with Gasteiger partial charge in [0.05, 0.1) is 17.7 Å². The summed E-state index contributed by atoms with van der Waals surface area (Å²) >= 11 is 6.36. The van der Waals surface area contributed by atoms with Gasteiger partial charge in [-0.3, -0.25) is 0 Å². The third kappa shape index (κ3) is 3.65. The lowest BCUT2D eigenvalue weighted by atomic mass is 9.85. The van der Waals surface area contributed by atoms with Crippen LogP contribution in [0, 0.1) is 5.41 Å². The maximum Gasteiger partial charge on any atom is 0.405 e. The summed E-state index contributed by atoms with van der Waals surface area (Å²) < 4.78 is 5.63. The first kappa shape index (κ1) is 18.6. The van der Waals surface area contributed by atoms with E-state index < -0.39 is 6.09 Å². The Labute approximate surface area is 159 Å². The van der Waals surface area contributed by atoms with E-state index in [0.29, 0.717) is 17.4 Å². The molecule has 0 saturated heterocycles. The first-order chi connectivity index (χ1) is 12.3. The molecule has 1 amide bonds. The largest absolute Gasteiger partial charge is 0.492 e. The Bertz CT molecular complexity index is 832. The SMILES string of the molecule is CCCOc1ccc(-c2ccc3c(c2)CC(C)(C)C3NC(=O)O)cc1Cl. The molecule has 1 unspecified atom stereocenters. The number of hydrogen-bond donors (Lipinski definition) is 2. The zero-order valence-electron chi connectivity index (χ0n) is 15.3. The van der Waals surface area contributed by atoms with Gasteiger partial charge >= 0.3 is 6.09 Å². The van der Waals surface area contributed by atoms with E-state index in [1.807, 2.05) is 30.3 Å². The molecule has 0 aliphatic heterocycles. The average Bonchev–Trinajstić information content (AvgIpc) is 2.82. The van der Waals surface area contributed by atoms with Crippen LogP contribution in [0.15, 0.2) is 36.4 Å². The molecule has 0 saturated carbocycles. The number of carboxylic acid groups (broad SMARTS) is 1. The molecule has 138 valence electrons. The molecular weight excluding hydrogens is 350 g/mol. The Morgan fingerprint density at radius 3 is 2.62 bits per heavy atom. The lowest BCUT2D eigenvalue weighted by Crippen LogP contribution is -2.34. The van der Waals surface area contributed by atoms with Crippen molar-refractivity contribution in [1.29, 1.82) is 0 Å². The molecule has 2 N–H and O–H groups in total. The highest BCUT2D eigenvalue weighted by Gasteiger charge is 2.39. The first-order valence-corrected chi connectivity index (χ1v) is 9.24. The van der Waals surface area contributed by atoms with Crippen LogP contribution in [0.2, 0.25) is 5.02 Å². The molecule has 3 rings (SSSR count). The van der Waals surface area contributed by atoms with Crippen LogP contribution in [-0.4, -0.2) is 17.8 Å². The Kier molecular flexibility index (Phi) is 5.15. The van der Waals surface area contributed by atoms with Crippen molar-refractivity contribution in [1.82, 2.24) is 5.32 Å². The fourth-order valence-electron chi connectivity index (χ4n) is 3.64. The number of halogens is 1. The average molecular weight is 374 g/mol. The van der Waals surface area contributed by atoms with Gasteiger partial charge in [0, 0.05) is 0 Å². The van der Waals surface area contributed by atoms with Crippen molar-refractivity contribution in [3.63, 3.8) is 0 Å². The molecule has 0 spiro atoms. The summed E-state index contributed by atoms with van der Waals surface area (Å²) in [6.45, 7) is 6.87. The number of amides is 1. The summed E-state index contributed by atoms with van der Waals surface area (Å²) in [4.78, 5) is 11.1. The minimum absolute atomic E-state index is 0.158. The fourth-order valence-corrected chi connectivity index (χ4v) is 3.88. The summed E-state index contributed by atoms with van der Waals surface area (Å²) in [5.74, 6) is 0.699. The maximum atomic E-state index is 11.1. The molecule has 1 aliphatic carbocycles. The van der Waals surface area contributed by atoms with Gasteiger partial charge < -0.3 is 15.2 Å². The summed E-state index contributed by atoms with van der Waals surface area (Å²) in [7, 11) is 0. The van der Waals surface area contributed by atoms with Gasteiger partial charge in [-0.2, -0.15) is 0 Å². The lowest BCUT2D eigenvalue weighted by Gasteiger charge is -2.27. The van der Waals surface area contributed by atoms with Crippen LogP contribution in [0.4, 0.5) is 4.79 Å². The highest BCUT2D eigenvalue weighted by molar-refractivity contribution is 6.32. The molecule has 0 aromatic heterocycles. The van der Waals surface area contributed by atoms with E-state index in [-0.39, 0.29) is 11.5 Å². The molecule has 5 heteroatoms. The standard InChI is InChI=1S/C21H24ClNO3/c1-4-9-26-18-8-6-14(11-17(18)22)13-5-7-16-15(10-13)12-21(2,3)19(16)23-20(24)25/h5-8,10-11,19,23H,4,9,12H2,1-3H3,(H,24,25). The Morgan fingerprint density at radius 2 is 1.96 bits per heavy atom. The number of carbonyl (C=O) groups is 1. The van der Waals surface area contributed by atoms with E-state index in [1.54, 1.807) is 0 Å². The normalized spacial score (nSPS) is 17.6. The van der Waals surface area contributed by atoms with Gasteiger partial charge in [0.15, 0.2) is 0 Å². The molecule has 1 atom stereocenters.